The number of hydrogen-bond donors (Lipinski definition) is 1. The smallest absolute Gasteiger partial charge is 0.302 e. The van der Waals surface area contributed by atoms with E-state index >= 15 is 0 Å². The van der Waals surface area contributed by atoms with Gasteiger partial charge in [-0.1, -0.05) is 51.5 Å². The van der Waals surface area contributed by atoms with Crippen LogP contribution in [0, 0.1) is 5.92 Å². The number of rotatable bonds is 7. The third kappa shape index (κ3) is 4.56. The summed E-state index contributed by atoms with van der Waals surface area (Å²) in [5.41, 5.74) is 0.603. The van der Waals surface area contributed by atoms with Crippen LogP contribution in [0.25, 0.3) is 0 Å². The van der Waals surface area contributed by atoms with Gasteiger partial charge in [-0.25, -0.2) is 17.9 Å². The topological polar surface area (TPSA) is 90.2 Å². The second-order valence-corrected chi connectivity index (χ2v) is 8.77. The Bertz CT molecular complexity index is 1020. The summed E-state index contributed by atoms with van der Waals surface area (Å²) in [6.45, 7) is 5.92. The Morgan fingerprint density at radius 3 is 2.19 bits per heavy atom. The molecule has 0 aliphatic heterocycles. The van der Waals surface area contributed by atoms with Crippen LogP contribution in [-0.4, -0.2) is 17.6 Å². The van der Waals surface area contributed by atoms with Gasteiger partial charge in [-0.05, 0) is 23.5 Å². The lowest BCUT2D eigenvalue weighted by atomic mass is 9.95. The standard InChI is InChI=1S/C19H27N3O4S/c1-6-7-14-8-10-15(11-9-14)17(13(2)3)20-27(25,26)16-12-21(4)19(24)22(5)18(16)23/h8-13,17,20H,6-7H2,1-5H3. The number of nitrogens with zero attached hydrogens (tertiary/aromatic N) is 2. The predicted molar refractivity (Wildman–Crippen MR) is 105 cm³/mol. The molecule has 2 aromatic rings. The van der Waals surface area contributed by atoms with Crippen molar-refractivity contribution >= 4 is 10.0 Å². The molecule has 0 saturated carbocycles. The molecule has 0 bridgehead atoms. The van der Waals surface area contributed by atoms with Gasteiger partial charge in [-0.2, -0.15) is 0 Å². The fourth-order valence-corrected chi connectivity index (χ4v) is 4.49. The molecule has 0 radical (unpaired) electrons. The highest BCUT2D eigenvalue weighted by molar-refractivity contribution is 7.89. The molecule has 0 aliphatic carbocycles. The predicted octanol–water partition coefficient (Wildman–Crippen LogP) is 1.71. The fraction of sp³-hybridized carbons (Fsp3) is 0.474. The molecule has 27 heavy (non-hydrogen) atoms. The lowest BCUT2D eigenvalue weighted by Gasteiger charge is -2.23. The van der Waals surface area contributed by atoms with E-state index < -0.39 is 32.2 Å². The van der Waals surface area contributed by atoms with Gasteiger partial charge < -0.3 is 4.57 Å². The van der Waals surface area contributed by atoms with Gasteiger partial charge in [-0.15, -0.1) is 0 Å². The summed E-state index contributed by atoms with van der Waals surface area (Å²) in [4.78, 5) is 23.7. The first kappa shape index (κ1) is 21.1. The average Bonchev–Trinajstić information content (AvgIpc) is 2.61. The van der Waals surface area contributed by atoms with Gasteiger partial charge in [0.15, 0.2) is 4.90 Å². The van der Waals surface area contributed by atoms with Crippen LogP contribution in [0.4, 0.5) is 0 Å². The summed E-state index contributed by atoms with van der Waals surface area (Å²) < 4.78 is 30.3. The molecule has 7 nitrogen and oxygen atoms in total. The van der Waals surface area contributed by atoms with E-state index in [0.717, 1.165) is 33.7 Å². The molecule has 0 amide bonds. The SMILES string of the molecule is CCCc1ccc(C(NS(=O)(=O)c2cn(C)c(=O)n(C)c2=O)C(C)C)cc1. The van der Waals surface area contributed by atoms with Crippen LogP contribution < -0.4 is 16.0 Å². The maximum Gasteiger partial charge on any atom is 0.330 e. The summed E-state index contributed by atoms with van der Waals surface area (Å²) in [6.07, 6.45) is 3.07. The van der Waals surface area contributed by atoms with Gasteiger partial charge in [0, 0.05) is 26.3 Å². The van der Waals surface area contributed by atoms with Crippen molar-refractivity contribution in [1.82, 2.24) is 13.9 Å². The van der Waals surface area contributed by atoms with Crippen LogP contribution in [0.3, 0.4) is 0 Å². The van der Waals surface area contributed by atoms with Gasteiger partial charge in [0.05, 0.1) is 0 Å². The third-order valence-corrected chi connectivity index (χ3v) is 5.95. The van der Waals surface area contributed by atoms with Crippen molar-refractivity contribution in [3.05, 3.63) is 62.4 Å². The molecule has 1 heterocycles. The Kier molecular flexibility index (Phi) is 6.43. The van der Waals surface area contributed by atoms with Crippen LogP contribution >= 0.6 is 0 Å². The van der Waals surface area contributed by atoms with Crippen LogP contribution in [0.5, 0.6) is 0 Å². The summed E-state index contributed by atoms with van der Waals surface area (Å²) in [7, 11) is -1.44. The molecule has 1 atom stereocenters. The Balaban J connectivity index is 2.44. The van der Waals surface area contributed by atoms with Crippen LogP contribution in [0.2, 0.25) is 0 Å². The van der Waals surface area contributed by atoms with Crippen molar-refractivity contribution in [3.8, 4) is 0 Å². The highest BCUT2D eigenvalue weighted by atomic mass is 32.2. The maximum atomic E-state index is 12.9. The van der Waals surface area contributed by atoms with Gasteiger partial charge in [-0.3, -0.25) is 9.36 Å². The molecule has 1 N–H and O–H groups in total. The first-order chi connectivity index (χ1) is 12.6. The second kappa shape index (κ2) is 8.22. The fourth-order valence-electron chi connectivity index (χ4n) is 2.96. The molecule has 1 aromatic carbocycles. The zero-order valence-corrected chi connectivity index (χ0v) is 17.2. The van der Waals surface area contributed by atoms with Crippen molar-refractivity contribution in [2.24, 2.45) is 20.0 Å². The number of aryl methyl sites for hydroxylation is 2. The lowest BCUT2D eigenvalue weighted by molar-refractivity contribution is 0.461. The Labute approximate surface area is 159 Å². The average molecular weight is 394 g/mol. The van der Waals surface area contributed by atoms with Crippen molar-refractivity contribution in [1.29, 1.82) is 0 Å². The summed E-state index contributed by atoms with van der Waals surface area (Å²) in [6, 6.07) is 7.32. The molecule has 1 unspecified atom stereocenters. The van der Waals surface area contributed by atoms with Gasteiger partial charge in [0.2, 0.25) is 10.0 Å². The monoisotopic (exact) mass is 393 g/mol. The molecule has 0 spiro atoms. The third-order valence-electron chi connectivity index (χ3n) is 4.53. The molecule has 0 aliphatic rings. The van der Waals surface area contributed by atoms with E-state index in [1.54, 1.807) is 0 Å². The lowest BCUT2D eigenvalue weighted by Crippen LogP contribution is -2.42. The Hall–Kier alpha value is -2.19. The zero-order chi connectivity index (χ0) is 20.4. The quantitative estimate of drug-likeness (QED) is 0.775. The number of aromatic nitrogens is 2. The van der Waals surface area contributed by atoms with E-state index in [1.807, 2.05) is 38.1 Å². The van der Waals surface area contributed by atoms with Gasteiger partial charge in [0.25, 0.3) is 5.56 Å². The van der Waals surface area contributed by atoms with Gasteiger partial charge in [0.1, 0.15) is 0 Å². The molecule has 0 saturated heterocycles. The highest BCUT2D eigenvalue weighted by Crippen LogP contribution is 2.24. The van der Waals surface area contributed by atoms with Crippen LogP contribution in [0.1, 0.15) is 44.4 Å². The first-order valence-electron chi connectivity index (χ1n) is 8.96. The minimum Gasteiger partial charge on any atom is -0.302 e. The number of nitrogens with one attached hydrogen (secondary N) is 1. The molecule has 0 fully saturated rings. The summed E-state index contributed by atoms with van der Waals surface area (Å²) in [5.74, 6) is -0.0341. The molecule has 1 aromatic heterocycles. The minimum atomic E-state index is -4.11. The highest BCUT2D eigenvalue weighted by Gasteiger charge is 2.27. The number of sulfonamides is 1. The second-order valence-electron chi connectivity index (χ2n) is 7.09. The van der Waals surface area contributed by atoms with Crippen molar-refractivity contribution in [2.45, 2.75) is 44.6 Å². The summed E-state index contributed by atoms with van der Waals surface area (Å²) >= 11 is 0. The van der Waals surface area contributed by atoms with Crippen molar-refractivity contribution < 1.29 is 8.42 Å². The maximum absolute atomic E-state index is 12.9. The summed E-state index contributed by atoms with van der Waals surface area (Å²) in [5, 5.41) is 0. The number of hydrogen-bond acceptors (Lipinski definition) is 4. The van der Waals surface area contributed by atoms with E-state index in [4.69, 9.17) is 0 Å². The van der Waals surface area contributed by atoms with E-state index in [2.05, 4.69) is 11.6 Å². The normalized spacial score (nSPS) is 13.1. The Morgan fingerprint density at radius 1 is 1.07 bits per heavy atom. The van der Waals surface area contributed by atoms with E-state index in [9.17, 15) is 18.0 Å². The molecule has 8 heteroatoms. The molecular weight excluding hydrogens is 366 g/mol. The zero-order valence-electron chi connectivity index (χ0n) is 16.4. The molecule has 148 valence electrons. The van der Waals surface area contributed by atoms with Crippen LogP contribution in [0.15, 0.2) is 44.9 Å². The van der Waals surface area contributed by atoms with Crippen molar-refractivity contribution in [3.63, 3.8) is 0 Å². The van der Waals surface area contributed by atoms with E-state index in [0.29, 0.717) is 0 Å². The molecule has 2 rings (SSSR count). The van der Waals surface area contributed by atoms with Gasteiger partial charge >= 0.3 is 5.69 Å². The largest absolute Gasteiger partial charge is 0.330 e. The Morgan fingerprint density at radius 2 is 1.67 bits per heavy atom. The minimum absolute atomic E-state index is 0.0341. The first-order valence-corrected chi connectivity index (χ1v) is 10.4. The van der Waals surface area contributed by atoms with E-state index in [1.165, 1.54) is 19.7 Å². The number of benzene rings is 1. The molecular formula is C19H27N3O4S. The van der Waals surface area contributed by atoms with Crippen molar-refractivity contribution in [2.75, 3.05) is 0 Å². The van der Waals surface area contributed by atoms with E-state index in [-0.39, 0.29) is 5.92 Å². The van der Waals surface area contributed by atoms with Crippen LogP contribution in [-0.2, 0) is 30.5 Å².